The Labute approximate surface area is 123 Å². The van der Waals surface area contributed by atoms with Crippen molar-refractivity contribution in [3.63, 3.8) is 0 Å². The molecule has 1 fully saturated rings. The largest absolute Gasteiger partial charge is 0.459 e. The number of hydrogen-bond acceptors (Lipinski definition) is 5. The molecule has 20 heavy (non-hydrogen) atoms. The molecule has 0 aromatic carbocycles. The monoisotopic (exact) mass is 317 g/mol. The van der Waals surface area contributed by atoms with Gasteiger partial charge in [0.05, 0.1) is 5.56 Å². The summed E-state index contributed by atoms with van der Waals surface area (Å²) < 4.78 is 28.3. The van der Waals surface area contributed by atoms with Crippen molar-refractivity contribution in [3.05, 3.63) is 16.5 Å². The second-order valence-corrected chi connectivity index (χ2v) is 7.76. The van der Waals surface area contributed by atoms with E-state index in [4.69, 9.17) is 9.88 Å². The van der Waals surface area contributed by atoms with Gasteiger partial charge in [-0.25, -0.2) is 18.4 Å². The summed E-state index contributed by atoms with van der Waals surface area (Å²) in [7, 11) is -3.77. The van der Waals surface area contributed by atoms with Gasteiger partial charge in [0.25, 0.3) is 0 Å². The van der Waals surface area contributed by atoms with Crippen molar-refractivity contribution in [1.82, 2.24) is 0 Å². The number of carbonyl (C=O) groups is 1. The molecule has 1 aliphatic rings. The zero-order valence-electron chi connectivity index (χ0n) is 11.4. The maximum atomic E-state index is 12.1. The molecule has 112 valence electrons. The average molecular weight is 317 g/mol. The van der Waals surface area contributed by atoms with Crippen LogP contribution in [0.1, 0.15) is 54.4 Å². The van der Waals surface area contributed by atoms with Gasteiger partial charge in [0.15, 0.2) is 0 Å². The number of esters is 1. The fourth-order valence-electron chi connectivity index (χ4n) is 2.46. The van der Waals surface area contributed by atoms with Gasteiger partial charge in [-0.3, -0.25) is 0 Å². The molecule has 2 N–H and O–H groups in total. The molecule has 1 aromatic rings. The molecule has 1 heterocycles. The van der Waals surface area contributed by atoms with E-state index in [0.717, 1.165) is 37.0 Å². The van der Waals surface area contributed by atoms with E-state index >= 15 is 0 Å². The van der Waals surface area contributed by atoms with E-state index in [-0.39, 0.29) is 10.3 Å². The van der Waals surface area contributed by atoms with Crippen LogP contribution in [0.25, 0.3) is 0 Å². The van der Waals surface area contributed by atoms with Crippen molar-refractivity contribution in [2.24, 2.45) is 5.14 Å². The molecule has 0 atom stereocenters. The summed E-state index contributed by atoms with van der Waals surface area (Å²) in [5.74, 6) is -0.444. The SMILES string of the molecule is Cc1c(C(=O)OC2CCCCCC2)csc1S(N)(=O)=O. The molecule has 0 bridgehead atoms. The van der Waals surface area contributed by atoms with Crippen LogP contribution in [0.2, 0.25) is 0 Å². The van der Waals surface area contributed by atoms with Crippen molar-refractivity contribution < 1.29 is 17.9 Å². The molecule has 5 nitrogen and oxygen atoms in total. The van der Waals surface area contributed by atoms with E-state index in [1.807, 2.05) is 0 Å². The predicted octanol–water partition coefficient (Wildman–Crippen LogP) is 2.58. The molecular formula is C13H19NO4S2. The Morgan fingerprint density at radius 2 is 1.90 bits per heavy atom. The van der Waals surface area contributed by atoms with Gasteiger partial charge >= 0.3 is 5.97 Å². The lowest BCUT2D eigenvalue weighted by molar-refractivity contribution is 0.0267. The Balaban J connectivity index is 2.11. The maximum absolute atomic E-state index is 12.1. The molecule has 0 unspecified atom stereocenters. The minimum atomic E-state index is -3.77. The van der Waals surface area contributed by atoms with Gasteiger partial charge < -0.3 is 4.74 Å². The highest BCUT2D eigenvalue weighted by atomic mass is 32.2. The first kappa shape index (κ1) is 15.5. The van der Waals surface area contributed by atoms with E-state index in [0.29, 0.717) is 11.1 Å². The summed E-state index contributed by atoms with van der Waals surface area (Å²) in [6.07, 6.45) is 6.23. The first-order valence-electron chi connectivity index (χ1n) is 6.71. The van der Waals surface area contributed by atoms with Crippen LogP contribution in [-0.4, -0.2) is 20.5 Å². The molecule has 1 aromatic heterocycles. The molecule has 0 spiro atoms. The minimum Gasteiger partial charge on any atom is -0.459 e. The fourth-order valence-corrected chi connectivity index (χ4v) is 4.46. The zero-order valence-corrected chi connectivity index (χ0v) is 13.1. The van der Waals surface area contributed by atoms with Crippen molar-refractivity contribution in [2.75, 3.05) is 0 Å². The standard InChI is InChI=1S/C13H19NO4S2/c1-9-11(8-19-13(9)20(14,16)17)12(15)18-10-6-4-2-3-5-7-10/h8,10H,2-7H2,1H3,(H2,14,16,17). The summed E-state index contributed by atoms with van der Waals surface area (Å²) in [5, 5.41) is 6.61. The van der Waals surface area contributed by atoms with Crippen LogP contribution >= 0.6 is 11.3 Å². The van der Waals surface area contributed by atoms with Crippen LogP contribution in [0, 0.1) is 6.92 Å². The third-order valence-electron chi connectivity index (χ3n) is 3.55. The normalized spacial score (nSPS) is 17.7. The van der Waals surface area contributed by atoms with Crippen LogP contribution < -0.4 is 5.14 Å². The third-order valence-corrected chi connectivity index (χ3v) is 6.23. The van der Waals surface area contributed by atoms with Crippen molar-refractivity contribution >= 4 is 27.3 Å². The number of nitrogens with two attached hydrogens (primary N) is 1. The van der Waals surface area contributed by atoms with Crippen molar-refractivity contribution in [3.8, 4) is 0 Å². The lowest BCUT2D eigenvalue weighted by Gasteiger charge is -2.15. The number of carbonyl (C=O) groups excluding carboxylic acids is 1. The highest BCUT2D eigenvalue weighted by Crippen LogP contribution is 2.27. The molecule has 0 radical (unpaired) electrons. The summed E-state index contributed by atoms with van der Waals surface area (Å²) in [4.78, 5) is 12.1. The van der Waals surface area contributed by atoms with Crippen molar-refractivity contribution in [2.45, 2.75) is 55.8 Å². The van der Waals surface area contributed by atoms with Gasteiger partial charge in [-0.15, -0.1) is 11.3 Å². The fraction of sp³-hybridized carbons (Fsp3) is 0.615. The second-order valence-electron chi connectivity index (χ2n) is 5.13. The highest BCUT2D eigenvalue weighted by Gasteiger charge is 2.24. The van der Waals surface area contributed by atoms with Crippen LogP contribution in [0.5, 0.6) is 0 Å². The van der Waals surface area contributed by atoms with Gasteiger partial charge in [-0.1, -0.05) is 12.8 Å². The number of primary sulfonamides is 1. The van der Waals surface area contributed by atoms with Gasteiger partial charge in [-0.05, 0) is 38.2 Å². The number of sulfonamides is 1. The maximum Gasteiger partial charge on any atom is 0.339 e. The van der Waals surface area contributed by atoms with Crippen LogP contribution in [0.4, 0.5) is 0 Å². The first-order valence-corrected chi connectivity index (χ1v) is 9.14. The van der Waals surface area contributed by atoms with E-state index < -0.39 is 16.0 Å². The zero-order chi connectivity index (χ0) is 14.8. The first-order chi connectivity index (χ1) is 9.39. The summed E-state index contributed by atoms with van der Waals surface area (Å²) >= 11 is 0.964. The summed E-state index contributed by atoms with van der Waals surface area (Å²) in [6.45, 7) is 1.58. The predicted molar refractivity (Wildman–Crippen MR) is 77.3 cm³/mol. The molecule has 2 rings (SSSR count). The summed E-state index contributed by atoms with van der Waals surface area (Å²) in [5.41, 5.74) is 0.694. The highest BCUT2D eigenvalue weighted by molar-refractivity contribution is 7.91. The van der Waals surface area contributed by atoms with Crippen LogP contribution in [0.3, 0.4) is 0 Å². The van der Waals surface area contributed by atoms with Crippen LogP contribution in [-0.2, 0) is 14.8 Å². The van der Waals surface area contributed by atoms with Gasteiger partial charge in [0, 0.05) is 5.38 Å². The van der Waals surface area contributed by atoms with E-state index in [1.54, 1.807) is 6.92 Å². The molecule has 1 aliphatic carbocycles. The van der Waals surface area contributed by atoms with E-state index in [2.05, 4.69) is 0 Å². The lowest BCUT2D eigenvalue weighted by atomic mass is 10.1. The smallest absolute Gasteiger partial charge is 0.339 e. The lowest BCUT2D eigenvalue weighted by Crippen LogP contribution is -2.18. The molecule has 0 amide bonds. The number of hydrogen-bond donors (Lipinski definition) is 1. The van der Waals surface area contributed by atoms with E-state index in [1.165, 1.54) is 18.2 Å². The Kier molecular flexibility index (Phi) is 4.82. The number of rotatable bonds is 3. The summed E-state index contributed by atoms with van der Waals surface area (Å²) in [6, 6.07) is 0. The Morgan fingerprint density at radius 3 is 2.40 bits per heavy atom. The van der Waals surface area contributed by atoms with Gasteiger partial charge in [0.1, 0.15) is 10.3 Å². The van der Waals surface area contributed by atoms with Crippen molar-refractivity contribution in [1.29, 1.82) is 0 Å². The topological polar surface area (TPSA) is 86.5 Å². The Morgan fingerprint density at radius 1 is 1.30 bits per heavy atom. The number of ether oxygens (including phenoxy) is 1. The minimum absolute atomic E-state index is 0.0327. The molecule has 0 aliphatic heterocycles. The quantitative estimate of drug-likeness (QED) is 0.685. The Bertz CT molecular complexity index is 584. The number of thiophene rings is 1. The Hall–Kier alpha value is -0.920. The second kappa shape index (κ2) is 6.24. The van der Waals surface area contributed by atoms with E-state index in [9.17, 15) is 13.2 Å². The molecule has 0 saturated heterocycles. The molecule has 7 heteroatoms. The third kappa shape index (κ3) is 3.59. The van der Waals surface area contributed by atoms with Crippen LogP contribution in [0.15, 0.2) is 9.59 Å². The molecule has 1 saturated carbocycles. The van der Waals surface area contributed by atoms with Gasteiger partial charge in [-0.2, -0.15) is 0 Å². The van der Waals surface area contributed by atoms with Gasteiger partial charge in [0.2, 0.25) is 10.0 Å². The average Bonchev–Trinajstić information content (AvgIpc) is 2.58. The molecular weight excluding hydrogens is 298 g/mol.